The summed E-state index contributed by atoms with van der Waals surface area (Å²) < 4.78 is 1.56. The van der Waals surface area contributed by atoms with E-state index in [2.05, 4.69) is 10.4 Å². The molecular formula is C19H18N4O2. The molecule has 2 aromatic carbocycles. The second-order valence-electron chi connectivity index (χ2n) is 5.68. The van der Waals surface area contributed by atoms with Gasteiger partial charge in [-0.05, 0) is 25.1 Å². The molecular weight excluding hydrogens is 316 g/mol. The van der Waals surface area contributed by atoms with E-state index in [1.807, 2.05) is 61.5 Å². The van der Waals surface area contributed by atoms with Crippen LogP contribution in [-0.2, 0) is 4.79 Å². The van der Waals surface area contributed by atoms with E-state index in [0.717, 1.165) is 16.8 Å². The Morgan fingerprint density at radius 3 is 2.40 bits per heavy atom. The molecule has 2 amide bonds. The van der Waals surface area contributed by atoms with E-state index >= 15 is 0 Å². The Morgan fingerprint density at radius 2 is 1.76 bits per heavy atom. The number of aryl methyl sites for hydroxylation is 1. The van der Waals surface area contributed by atoms with Gasteiger partial charge in [0.15, 0.2) is 0 Å². The molecule has 3 aromatic rings. The van der Waals surface area contributed by atoms with Gasteiger partial charge in [-0.25, -0.2) is 4.68 Å². The maximum Gasteiger partial charge on any atom is 0.270 e. The Morgan fingerprint density at radius 1 is 1.08 bits per heavy atom. The largest absolute Gasteiger partial charge is 0.368 e. The van der Waals surface area contributed by atoms with Gasteiger partial charge in [0.25, 0.3) is 5.91 Å². The van der Waals surface area contributed by atoms with Gasteiger partial charge in [-0.1, -0.05) is 48.0 Å². The number of aromatic nitrogens is 2. The molecule has 0 aliphatic carbocycles. The zero-order chi connectivity index (χ0) is 17.8. The maximum absolute atomic E-state index is 12.5. The molecule has 0 fully saturated rings. The SMILES string of the molecule is Cc1ccc(-c2cc(C(=O)NCC(N)=O)n(-c3ccccc3)n2)cc1. The molecule has 25 heavy (non-hydrogen) atoms. The molecule has 1 heterocycles. The molecule has 126 valence electrons. The fraction of sp³-hybridized carbons (Fsp3) is 0.105. The summed E-state index contributed by atoms with van der Waals surface area (Å²) in [5, 5.41) is 7.08. The van der Waals surface area contributed by atoms with Gasteiger partial charge in [0, 0.05) is 5.56 Å². The molecule has 0 atom stereocenters. The first-order valence-corrected chi connectivity index (χ1v) is 7.83. The lowest BCUT2D eigenvalue weighted by Crippen LogP contribution is -2.34. The van der Waals surface area contributed by atoms with Gasteiger partial charge < -0.3 is 11.1 Å². The Kier molecular flexibility index (Phi) is 4.61. The minimum absolute atomic E-state index is 0.224. The quantitative estimate of drug-likeness (QED) is 0.748. The van der Waals surface area contributed by atoms with E-state index in [9.17, 15) is 9.59 Å². The summed E-state index contributed by atoms with van der Waals surface area (Å²) in [7, 11) is 0. The Labute approximate surface area is 145 Å². The Balaban J connectivity index is 2.03. The van der Waals surface area contributed by atoms with Crippen LogP contribution in [0.4, 0.5) is 0 Å². The monoisotopic (exact) mass is 334 g/mol. The molecule has 3 rings (SSSR count). The third-order valence-electron chi connectivity index (χ3n) is 3.71. The van der Waals surface area contributed by atoms with Gasteiger partial charge in [0.05, 0.1) is 17.9 Å². The van der Waals surface area contributed by atoms with Crippen molar-refractivity contribution < 1.29 is 9.59 Å². The summed E-state index contributed by atoms with van der Waals surface area (Å²) in [5.74, 6) is -1.01. The van der Waals surface area contributed by atoms with Crippen LogP contribution in [0.25, 0.3) is 16.9 Å². The molecule has 1 aromatic heterocycles. The van der Waals surface area contributed by atoms with Crippen LogP contribution < -0.4 is 11.1 Å². The standard InChI is InChI=1S/C19H18N4O2/c1-13-7-9-14(10-8-13)16-11-17(19(25)21-12-18(20)24)23(22-16)15-5-3-2-4-6-15/h2-11H,12H2,1H3,(H2,20,24)(H,21,25). The van der Waals surface area contributed by atoms with Crippen molar-refractivity contribution >= 4 is 11.8 Å². The van der Waals surface area contributed by atoms with Gasteiger partial charge >= 0.3 is 0 Å². The second kappa shape index (κ2) is 7.00. The highest BCUT2D eigenvalue weighted by molar-refractivity contribution is 5.96. The number of carbonyl (C=O) groups is 2. The summed E-state index contributed by atoms with van der Waals surface area (Å²) in [6.07, 6.45) is 0. The van der Waals surface area contributed by atoms with E-state index in [-0.39, 0.29) is 6.54 Å². The highest BCUT2D eigenvalue weighted by Gasteiger charge is 2.17. The molecule has 0 aliphatic heterocycles. The molecule has 3 N–H and O–H groups in total. The summed E-state index contributed by atoms with van der Waals surface area (Å²) in [5.41, 5.74) is 8.92. The number of benzene rings is 2. The second-order valence-corrected chi connectivity index (χ2v) is 5.68. The fourth-order valence-corrected chi connectivity index (χ4v) is 2.43. The Hall–Kier alpha value is -3.41. The van der Waals surface area contributed by atoms with Crippen molar-refractivity contribution in [2.24, 2.45) is 5.73 Å². The number of carbonyl (C=O) groups excluding carboxylic acids is 2. The number of primary amides is 1. The first-order chi connectivity index (χ1) is 12.0. The summed E-state index contributed by atoms with van der Waals surface area (Å²) in [6.45, 7) is 1.79. The van der Waals surface area contributed by atoms with Crippen LogP contribution in [0, 0.1) is 6.92 Å². The van der Waals surface area contributed by atoms with Crippen LogP contribution in [0.15, 0.2) is 60.7 Å². The number of nitrogens with two attached hydrogens (primary N) is 1. The lowest BCUT2D eigenvalue weighted by molar-refractivity contribution is -0.117. The summed E-state index contributed by atoms with van der Waals surface area (Å²) in [4.78, 5) is 23.4. The predicted octanol–water partition coefficient (Wildman–Crippen LogP) is 2.06. The van der Waals surface area contributed by atoms with Crippen molar-refractivity contribution in [1.29, 1.82) is 0 Å². The van der Waals surface area contributed by atoms with Crippen LogP contribution in [-0.4, -0.2) is 28.1 Å². The van der Waals surface area contributed by atoms with Crippen LogP contribution in [0.5, 0.6) is 0 Å². The topological polar surface area (TPSA) is 90.0 Å². The van der Waals surface area contributed by atoms with Gasteiger partial charge in [0.2, 0.25) is 5.91 Å². The Bertz CT molecular complexity index is 899. The molecule has 0 saturated carbocycles. The van der Waals surface area contributed by atoms with Gasteiger partial charge in [-0.15, -0.1) is 0 Å². The highest BCUT2D eigenvalue weighted by Crippen LogP contribution is 2.22. The van der Waals surface area contributed by atoms with E-state index < -0.39 is 11.8 Å². The lowest BCUT2D eigenvalue weighted by Gasteiger charge is -2.07. The van der Waals surface area contributed by atoms with Crippen molar-refractivity contribution in [3.05, 3.63) is 71.9 Å². The predicted molar refractivity (Wildman–Crippen MR) is 95.3 cm³/mol. The number of rotatable bonds is 5. The minimum atomic E-state index is -0.599. The van der Waals surface area contributed by atoms with Crippen LogP contribution in [0.3, 0.4) is 0 Å². The molecule has 0 radical (unpaired) electrons. The molecule has 0 spiro atoms. The highest BCUT2D eigenvalue weighted by atomic mass is 16.2. The third kappa shape index (κ3) is 3.74. The number of nitrogens with one attached hydrogen (secondary N) is 1. The van der Waals surface area contributed by atoms with Crippen molar-refractivity contribution in [3.63, 3.8) is 0 Å². The molecule has 0 unspecified atom stereocenters. The zero-order valence-electron chi connectivity index (χ0n) is 13.8. The molecule has 0 aliphatic rings. The lowest BCUT2D eigenvalue weighted by atomic mass is 10.1. The van der Waals surface area contributed by atoms with Crippen LogP contribution >= 0.6 is 0 Å². The molecule has 6 heteroatoms. The van der Waals surface area contributed by atoms with Crippen molar-refractivity contribution in [2.75, 3.05) is 6.54 Å². The number of hydrogen-bond acceptors (Lipinski definition) is 3. The van der Waals surface area contributed by atoms with E-state index in [1.54, 1.807) is 10.7 Å². The smallest absolute Gasteiger partial charge is 0.270 e. The van der Waals surface area contributed by atoms with E-state index in [4.69, 9.17) is 5.73 Å². The maximum atomic E-state index is 12.5. The summed E-state index contributed by atoms with van der Waals surface area (Å²) in [6, 6.07) is 18.9. The number of para-hydroxylation sites is 1. The van der Waals surface area contributed by atoms with Crippen molar-refractivity contribution in [3.8, 4) is 16.9 Å². The molecule has 6 nitrogen and oxygen atoms in total. The zero-order valence-corrected chi connectivity index (χ0v) is 13.8. The van der Waals surface area contributed by atoms with Gasteiger partial charge in [-0.2, -0.15) is 5.10 Å². The minimum Gasteiger partial charge on any atom is -0.368 e. The molecule has 0 bridgehead atoms. The molecule has 0 saturated heterocycles. The number of nitrogens with zero attached hydrogens (tertiary/aromatic N) is 2. The van der Waals surface area contributed by atoms with Gasteiger partial charge in [-0.3, -0.25) is 9.59 Å². The van der Waals surface area contributed by atoms with Crippen molar-refractivity contribution in [1.82, 2.24) is 15.1 Å². The normalized spacial score (nSPS) is 10.4. The number of hydrogen-bond donors (Lipinski definition) is 2. The van der Waals surface area contributed by atoms with E-state index in [0.29, 0.717) is 11.4 Å². The van der Waals surface area contributed by atoms with Gasteiger partial charge in [0.1, 0.15) is 5.69 Å². The fourth-order valence-electron chi connectivity index (χ4n) is 2.43. The first-order valence-electron chi connectivity index (χ1n) is 7.83. The van der Waals surface area contributed by atoms with Crippen molar-refractivity contribution in [2.45, 2.75) is 6.92 Å². The van der Waals surface area contributed by atoms with E-state index in [1.165, 1.54) is 0 Å². The average molecular weight is 334 g/mol. The van der Waals surface area contributed by atoms with Crippen LogP contribution in [0.1, 0.15) is 16.1 Å². The third-order valence-corrected chi connectivity index (χ3v) is 3.71. The summed E-state index contributed by atoms with van der Waals surface area (Å²) >= 11 is 0. The number of amides is 2. The average Bonchev–Trinajstić information content (AvgIpc) is 3.06. The first kappa shape index (κ1) is 16.4. The van der Waals surface area contributed by atoms with Crippen LogP contribution in [0.2, 0.25) is 0 Å².